The Kier molecular flexibility index (Phi) is 3.72. The summed E-state index contributed by atoms with van der Waals surface area (Å²) in [4.78, 5) is 15.3. The minimum Gasteiger partial charge on any atom is -0.485 e. The maximum Gasteiger partial charge on any atom is 0.343 e. The van der Waals surface area contributed by atoms with Crippen molar-refractivity contribution in [3.63, 3.8) is 0 Å². The zero-order chi connectivity index (χ0) is 15.7. The van der Waals surface area contributed by atoms with E-state index in [4.69, 9.17) is 20.8 Å². The summed E-state index contributed by atoms with van der Waals surface area (Å²) in [5.41, 5.74) is 1.27. The normalized spacial score (nSPS) is 10.9. The van der Waals surface area contributed by atoms with Crippen LogP contribution in [0.2, 0.25) is 5.02 Å². The van der Waals surface area contributed by atoms with Gasteiger partial charge in [-0.15, -0.1) is 0 Å². The monoisotopic (exact) mass is 320 g/mol. The molecule has 0 radical (unpaired) electrons. The highest BCUT2D eigenvalue weighted by Gasteiger charge is 2.14. The third-order valence-corrected chi connectivity index (χ3v) is 3.69. The molecule has 0 fully saturated rings. The van der Waals surface area contributed by atoms with Crippen LogP contribution in [-0.4, -0.2) is 19.7 Å². The summed E-state index contributed by atoms with van der Waals surface area (Å²) in [6, 6.07) is 3.57. The lowest BCUT2D eigenvalue weighted by molar-refractivity contribution is 0.291. The number of nitrogens with one attached hydrogen (secondary N) is 1. The van der Waals surface area contributed by atoms with Gasteiger partial charge in [-0.25, -0.2) is 14.9 Å². The highest BCUT2D eigenvalue weighted by molar-refractivity contribution is 6.31. The topological polar surface area (TPSA) is 85.9 Å². The number of halogens is 1. The average Bonchev–Trinajstić information content (AvgIpc) is 3.12. The van der Waals surface area contributed by atoms with Crippen LogP contribution in [0.15, 0.2) is 33.9 Å². The van der Waals surface area contributed by atoms with Gasteiger partial charge in [0.05, 0.1) is 11.8 Å². The number of oxazole rings is 1. The first kappa shape index (κ1) is 14.4. The molecule has 2 heterocycles. The van der Waals surface area contributed by atoms with Crippen molar-refractivity contribution in [2.24, 2.45) is 7.05 Å². The molecule has 3 aromatic rings. The van der Waals surface area contributed by atoms with Crippen LogP contribution in [-0.2, 0) is 13.7 Å². The Hall–Kier alpha value is -2.54. The molecule has 0 amide bonds. The number of rotatable bonds is 4. The van der Waals surface area contributed by atoms with E-state index in [9.17, 15) is 4.79 Å². The molecule has 0 aliphatic heterocycles. The number of hydrogen-bond acceptors (Lipinski definition) is 5. The van der Waals surface area contributed by atoms with Crippen molar-refractivity contribution < 1.29 is 9.15 Å². The zero-order valence-electron chi connectivity index (χ0n) is 12.0. The molecule has 3 rings (SSSR count). The molecule has 0 aliphatic carbocycles. The fourth-order valence-electron chi connectivity index (χ4n) is 1.97. The molecule has 0 spiro atoms. The van der Waals surface area contributed by atoms with Crippen molar-refractivity contribution in [1.29, 1.82) is 0 Å². The number of benzene rings is 1. The molecule has 1 N–H and O–H groups in total. The molecule has 0 bridgehead atoms. The standard InChI is InChI=1S/C14H13ClN4O3/c1-8-3-11(21-6-13-17-18-14(20)19(13)2)9(4-10(8)15)12-5-16-7-22-12/h3-5,7H,6H2,1-2H3,(H,18,20). The van der Waals surface area contributed by atoms with Crippen LogP contribution >= 0.6 is 11.6 Å². The predicted molar refractivity (Wildman–Crippen MR) is 79.8 cm³/mol. The fraction of sp³-hybridized carbons (Fsp3) is 0.214. The van der Waals surface area contributed by atoms with E-state index in [0.29, 0.717) is 27.9 Å². The van der Waals surface area contributed by atoms with Gasteiger partial charge in [0.2, 0.25) is 0 Å². The second-order valence-corrected chi connectivity index (χ2v) is 5.16. The number of nitrogens with zero attached hydrogens (tertiary/aromatic N) is 3. The Labute approximate surface area is 130 Å². The van der Waals surface area contributed by atoms with Crippen LogP contribution < -0.4 is 10.4 Å². The molecule has 0 saturated heterocycles. The van der Waals surface area contributed by atoms with Crippen LogP contribution in [0.1, 0.15) is 11.4 Å². The van der Waals surface area contributed by atoms with Gasteiger partial charge in [-0.1, -0.05) is 11.6 Å². The van der Waals surface area contributed by atoms with E-state index in [1.165, 1.54) is 11.0 Å². The van der Waals surface area contributed by atoms with Gasteiger partial charge in [0.25, 0.3) is 0 Å². The van der Waals surface area contributed by atoms with Crippen LogP contribution in [0.4, 0.5) is 0 Å². The molecule has 1 aromatic carbocycles. The summed E-state index contributed by atoms with van der Waals surface area (Å²) in [6.45, 7) is 2.01. The quantitative estimate of drug-likeness (QED) is 0.797. The van der Waals surface area contributed by atoms with Gasteiger partial charge >= 0.3 is 5.69 Å². The van der Waals surface area contributed by atoms with E-state index < -0.39 is 0 Å². The Morgan fingerprint density at radius 3 is 2.91 bits per heavy atom. The number of hydrogen-bond donors (Lipinski definition) is 1. The minimum absolute atomic E-state index is 0.136. The number of aromatic amines is 1. The van der Waals surface area contributed by atoms with E-state index in [0.717, 1.165) is 5.56 Å². The van der Waals surface area contributed by atoms with Gasteiger partial charge in [0.15, 0.2) is 18.0 Å². The largest absolute Gasteiger partial charge is 0.485 e. The summed E-state index contributed by atoms with van der Waals surface area (Å²) >= 11 is 6.17. The maximum absolute atomic E-state index is 11.4. The summed E-state index contributed by atoms with van der Waals surface area (Å²) in [5, 5.41) is 6.87. The molecular formula is C14H13ClN4O3. The molecule has 7 nitrogen and oxygen atoms in total. The molecule has 8 heteroatoms. The first-order chi connectivity index (χ1) is 10.6. The third-order valence-electron chi connectivity index (χ3n) is 3.29. The zero-order valence-corrected chi connectivity index (χ0v) is 12.7. The van der Waals surface area contributed by atoms with Gasteiger partial charge in [0, 0.05) is 12.1 Å². The Morgan fingerprint density at radius 2 is 2.27 bits per heavy atom. The van der Waals surface area contributed by atoms with Crippen molar-refractivity contribution in [2.45, 2.75) is 13.5 Å². The van der Waals surface area contributed by atoms with Crippen molar-refractivity contribution in [3.8, 4) is 17.1 Å². The SMILES string of the molecule is Cc1cc(OCc2n[nH]c(=O)n2C)c(-c2cnco2)cc1Cl. The highest BCUT2D eigenvalue weighted by atomic mass is 35.5. The van der Waals surface area contributed by atoms with Crippen molar-refractivity contribution >= 4 is 11.6 Å². The summed E-state index contributed by atoms with van der Waals surface area (Å²) in [7, 11) is 1.62. The molecule has 2 aromatic heterocycles. The summed E-state index contributed by atoms with van der Waals surface area (Å²) in [5.74, 6) is 1.61. The Balaban J connectivity index is 1.94. The lowest BCUT2D eigenvalue weighted by Crippen LogP contribution is -2.15. The predicted octanol–water partition coefficient (Wildman–Crippen LogP) is 2.30. The van der Waals surface area contributed by atoms with Gasteiger partial charge in [0.1, 0.15) is 12.4 Å². The van der Waals surface area contributed by atoms with E-state index in [2.05, 4.69) is 15.2 Å². The number of aromatic nitrogens is 4. The molecule has 0 aliphatic rings. The van der Waals surface area contributed by atoms with E-state index >= 15 is 0 Å². The van der Waals surface area contributed by atoms with Crippen LogP contribution in [0.5, 0.6) is 5.75 Å². The molecule has 22 heavy (non-hydrogen) atoms. The van der Waals surface area contributed by atoms with Gasteiger partial charge in [-0.2, -0.15) is 5.10 Å². The number of ether oxygens (including phenoxy) is 1. The fourth-order valence-corrected chi connectivity index (χ4v) is 2.13. The van der Waals surface area contributed by atoms with Crippen molar-refractivity contribution in [3.05, 3.63) is 51.6 Å². The summed E-state index contributed by atoms with van der Waals surface area (Å²) in [6.07, 6.45) is 2.92. The number of aryl methyl sites for hydroxylation is 1. The van der Waals surface area contributed by atoms with Crippen LogP contribution in [0.25, 0.3) is 11.3 Å². The second kappa shape index (κ2) is 5.69. The average molecular weight is 321 g/mol. The lowest BCUT2D eigenvalue weighted by atomic mass is 10.1. The van der Waals surface area contributed by atoms with Crippen LogP contribution in [0.3, 0.4) is 0 Å². The molecule has 0 atom stereocenters. The summed E-state index contributed by atoms with van der Waals surface area (Å²) < 4.78 is 12.5. The first-order valence-corrected chi connectivity index (χ1v) is 6.86. The first-order valence-electron chi connectivity index (χ1n) is 6.48. The molecule has 0 unspecified atom stereocenters. The van der Waals surface area contributed by atoms with E-state index in [-0.39, 0.29) is 12.3 Å². The van der Waals surface area contributed by atoms with Gasteiger partial charge in [-0.05, 0) is 24.6 Å². The molecular weight excluding hydrogens is 308 g/mol. The van der Waals surface area contributed by atoms with Crippen LogP contribution in [0, 0.1) is 6.92 Å². The maximum atomic E-state index is 11.4. The van der Waals surface area contributed by atoms with Crippen molar-refractivity contribution in [1.82, 2.24) is 19.7 Å². The minimum atomic E-state index is -0.290. The highest BCUT2D eigenvalue weighted by Crippen LogP contribution is 2.35. The van der Waals surface area contributed by atoms with Crippen molar-refractivity contribution in [2.75, 3.05) is 0 Å². The molecule has 114 valence electrons. The Morgan fingerprint density at radius 1 is 1.45 bits per heavy atom. The number of H-pyrrole nitrogens is 1. The third kappa shape index (κ3) is 2.62. The Bertz CT molecular complexity index is 852. The van der Waals surface area contributed by atoms with Gasteiger partial charge in [-0.3, -0.25) is 4.57 Å². The lowest BCUT2D eigenvalue weighted by Gasteiger charge is -2.11. The van der Waals surface area contributed by atoms with E-state index in [1.54, 1.807) is 19.3 Å². The smallest absolute Gasteiger partial charge is 0.343 e. The second-order valence-electron chi connectivity index (χ2n) is 4.76. The molecule has 0 saturated carbocycles. The van der Waals surface area contributed by atoms with E-state index in [1.807, 2.05) is 13.0 Å². The van der Waals surface area contributed by atoms with Gasteiger partial charge < -0.3 is 9.15 Å².